The van der Waals surface area contributed by atoms with Crippen molar-refractivity contribution < 1.29 is 62.4 Å². The van der Waals surface area contributed by atoms with Gasteiger partial charge in [-0.05, 0) is 32.1 Å². The number of quaternary nitrogens is 1. The molecule has 0 unspecified atom stereocenters. The number of hydrogen-bond donors (Lipinski definition) is 4. The van der Waals surface area contributed by atoms with Gasteiger partial charge < -0.3 is 10.2 Å². The van der Waals surface area contributed by atoms with Crippen molar-refractivity contribution in [3.63, 3.8) is 0 Å². The number of allylic oxidation sites excluding steroid dienone is 12. The van der Waals surface area contributed by atoms with Gasteiger partial charge >= 0.3 is 201 Å². The van der Waals surface area contributed by atoms with Gasteiger partial charge in [-0.3, -0.25) is 0 Å². The molecule has 1 aromatic rings. The van der Waals surface area contributed by atoms with Gasteiger partial charge in [-0.2, -0.15) is 0 Å². The van der Waals surface area contributed by atoms with Crippen molar-refractivity contribution in [2.75, 3.05) is 47.5 Å². The molecule has 0 saturated heterocycles. The molecule has 0 aliphatic heterocycles. The fraction of sp³-hybridized carbons (Fsp3) is 0.512. The number of esters is 2. The molecule has 0 saturated carbocycles. The number of carbonyl (C=O) groups excluding carboxylic acids is 2. The quantitative estimate of drug-likeness (QED) is 0.0168. The second-order valence-corrected chi connectivity index (χ2v) is 15.2. The zero-order chi connectivity index (χ0) is 40.8. The summed E-state index contributed by atoms with van der Waals surface area (Å²) in [5.74, 6) is -1.82. The van der Waals surface area contributed by atoms with Gasteiger partial charge in [0, 0.05) is 18.2 Å². The molecule has 1 aromatic carbocycles. The van der Waals surface area contributed by atoms with Crippen LogP contribution in [0, 0.1) is 0 Å². The molecule has 2 atom stereocenters. The van der Waals surface area contributed by atoms with Crippen LogP contribution in [0.1, 0.15) is 77.6 Å². The Morgan fingerprint density at radius 1 is 0.764 bits per heavy atom. The Morgan fingerprint density at radius 2 is 1.29 bits per heavy atom. The van der Waals surface area contributed by atoms with E-state index in [9.17, 15) is 34.7 Å². The maximum atomic E-state index is 12.6. The summed E-state index contributed by atoms with van der Waals surface area (Å²) in [6, 6.07) is 3.43. The van der Waals surface area contributed by atoms with Crippen molar-refractivity contribution in [1.29, 1.82) is 0 Å². The average molecular weight is 794 g/mol. The third-order valence-corrected chi connectivity index (χ3v) is 8.42. The van der Waals surface area contributed by atoms with E-state index in [-0.39, 0.29) is 56.1 Å². The molecule has 0 spiro atoms. The molecular weight excluding hydrogens is 729 g/mol. The molecule has 0 bridgehead atoms. The molecule has 14 heteroatoms. The Hall–Kier alpha value is -3.65. The van der Waals surface area contributed by atoms with Crippen LogP contribution in [-0.4, -0.2) is 96.5 Å². The topological polar surface area (TPSA) is 184 Å². The standard InChI is InChI=1S/C41H64NO12P/c1-5-6-7-8-9-10-11-12-13-14-15-16-17-18-19-20-21-22-23-25-40(46)54-38(34-52-55(48,49)51-29-28-42(2,3)4)33-50-39(45)26-24-27-41(47)53-37-31-35(43)30-36(44)32-37/h6-7,9-10,12-13,15-16,18-19,21-22,30-32,38-39,43-45,48,55H,5,8,11,14,17,20,23-29,33-34H2,1-4H3/b7-6-,10-9-,13-12-,16-15-,19-18-,22-21-/t38-,39-/m1/s1. The van der Waals surface area contributed by atoms with Crippen LogP contribution in [0.3, 0.4) is 0 Å². The minimum absolute atomic E-state index is 0.0129. The number of aliphatic hydroxyl groups is 1. The molecule has 310 valence electrons. The van der Waals surface area contributed by atoms with Crippen molar-refractivity contribution in [2.45, 2.75) is 89.9 Å². The van der Waals surface area contributed by atoms with Crippen molar-refractivity contribution in [3.05, 3.63) is 91.1 Å². The van der Waals surface area contributed by atoms with Crippen LogP contribution in [0.2, 0.25) is 0 Å². The van der Waals surface area contributed by atoms with E-state index in [1.807, 2.05) is 39.4 Å². The van der Waals surface area contributed by atoms with Crippen LogP contribution in [0.4, 0.5) is 0 Å². The Balaban J connectivity index is 2.48. The first-order valence-electron chi connectivity index (χ1n) is 18.8. The second-order valence-electron chi connectivity index (χ2n) is 13.6. The van der Waals surface area contributed by atoms with E-state index in [0.29, 0.717) is 23.9 Å². The van der Waals surface area contributed by atoms with Crippen LogP contribution in [0.15, 0.2) is 91.1 Å². The van der Waals surface area contributed by atoms with E-state index in [0.717, 1.165) is 38.2 Å². The summed E-state index contributed by atoms with van der Waals surface area (Å²) >= 11 is 0. The number of ether oxygens (including phenoxy) is 3. The fourth-order valence-corrected chi connectivity index (χ4v) is 5.25. The summed E-state index contributed by atoms with van der Waals surface area (Å²) in [7, 11) is 0.906. The number of phenols is 2. The molecule has 0 aliphatic rings. The first kappa shape index (κ1) is 49.4. The predicted octanol–water partition coefficient (Wildman–Crippen LogP) is 6.40. The first-order chi connectivity index (χ1) is 26.2. The van der Waals surface area contributed by atoms with Crippen LogP contribution >= 0.6 is 8.17 Å². The van der Waals surface area contributed by atoms with Crippen molar-refractivity contribution >= 4 is 20.1 Å². The molecule has 0 radical (unpaired) electrons. The van der Waals surface area contributed by atoms with Gasteiger partial charge in [0.15, 0.2) is 0 Å². The number of phenolic OH excluding ortho intramolecular Hbond substituents is 2. The van der Waals surface area contributed by atoms with E-state index in [1.165, 1.54) is 12.1 Å². The summed E-state index contributed by atoms with van der Waals surface area (Å²) in [5, 5.41) is 29.4. The van der Waals surface area contributed by atoms with Gasteiger partial charge in [0.1, 0.15) is 11.5 Å². The minimum atomic E-state index is -4.80. The average Bonchev–Trinajstić information content (AvgIpc) is 3.09. The monoisotopic (exact) mass is 793 g/mol. The number of nitrogens with zero attached hydrogens (tertiary/aromatic N) is 1. The summed E-state index contributed by atoms with van der Waals surface area (Å²) in [4.78, 5) is 47.4. The summed E-state index contributed by atoms with van der Waals surface area (Å²) in [6.07, 6.45) is 28.6. The predicted molar refractivity (Wildman–Crippen MR) is 214 cm³/mol. The molecule has 4 N–H and O–H groups in total. The number of benzene rings is 1. The number of hydrogen-bond acceptors (Lipinski definition) is 12. The van der Waals surface area contributed by atoms with Crippen molar-refractivity contribution in [2.24, 2.45) is 0 Å². The normalized spacial score (nSPS) is 14.3. The van der Waals surface area contributed by atoms with Crippen LogP contribution in [0.5, 0.6) is 17.2 Å². The molecule has 0 aromatic heterocycles. The maximum absolute atomic E-state index is 12.6. The third kappa shape index (κ3) is 30.3. The number of likely N-dealkylation sites (N-methyl/N-ethyl adjacent to an activating group) is 1. The number of rotatable bonds is 30. The van der Waals surface area contributed by atoms with E-state index >= 15 is 0 Å². The summed E-state index contributed by atoms with van der Waals surface area (Å²) < 4.78 is 26.6. The molecule has 0 amide bonds. The molecule has 1 rings (SSSR count). The number of aliphatic hydroxyl groups excluding tert-OH is 1. The van der Waals surface area contributed by atoms with Crippen LogP contribution < -0.4 is 9.63 Å². The molecular formula is C41H64NO12P. The first-order valence-corrected chi connectivity index (χ1v) is 20.5. The summed E-state index contributed by atoms with van der Waals surface area (Å²) in [6.45, 7) is 1.67. The summed E-state index contributed by atoms with van der Waals surface area (Å²) in [5.41, 5.74) is 0. The van der Waals surface area contributed by atoms with Crippen LogP contribution in [0.25, 0.3) is 0 Å². The number of aromatic hydroxyl groups is 2. The second kappa shape index (κ2) is 29.6. The fourth-order valence-electron chi connectivity index (χ4n) is 4.42. The van der Waals surface area contributed by atoms with Gasteiger partial charge in [0.05, 0.1) is 0 Å². The number of carbonyl (C=O) groups is 2. The molecule has 55 heavy (non-hydrogen) atoms. The molecule has 0 fully saturated rings. The molecule has 0 aliphatic carbocycles. The third-order valence-electron chi connectivity index (χ3n) is 7.32. The van der Waals surface area contributed by atoms with E-state index < -0.39 is 39.1 Å². The Kier molecular flexibility index (Phi) is 26.6. The van der Waals surface area contributed by atoms with E-state index in [2.05, 4.69) is 61.6 Å². The molecule has 0 heterocycles. The van der Waals surface area contributed by atoms with Crippen LogP contribution in [-0.2, 0) is 28.1 Å². The van der Waals surface area contributed by atoms with Crippen molar-refractivity contribution in [1.82, 2.24) is 0 Å². The van der Waals surface area contributed by atoms with E-state index in [4.69, 9.17) is 23.3 Å². The van der Waals surface area contributed by atoms with Gasteiger partial charge in [0.25, 0.3) is 0 Å². The van der Waals surface area contributed by atoms with Gasteiger partial charge in [0.2, 0.25) is 0 Å². The van der Waals surface area contributed by atoms with Crippen molar-refractivity contribution in [3.8, 4) is 17.2 Å². The molecule has 13 nitrogen and oxygen atoms in total. The SMILES string of the molecule is CC/C=C\C/C=C\C/C=C\C/C=C\C/C=C\C/C=C\CCC(=O)O[C@H](CO[C@@H](O)CCCC(=O)Oc1cc(O)cc(O)c1)CO[PH]([O-])(O)OCC[N+](C)(C)C. The Labute approximate surface area is 327 Å². The van der Waals surface area contributed by atoms with Gasteiger partial charge in [-0.25, -0.2) is 0 Å². The van der Waals surface area contributed by atoms with E-state index in [1.54, 1.807) is 0 Å². The van der Waals surface area contributed by atoms with Gasteiger partial charge in [-0.1, -0.05) is 55.5 Å². The Bertz CT molecular complexity index is 1380. The van der Waals surface area contributed by atoms with Gasteiger partial charge in [-0.15, -0.1) is 0 Å². The zero-order valence-corrected chi connectivity index (χ0v) is 33.9. The Morgan fingerprint density at radius 3 is 1.82 bits per heavy atom. The zero-order valence-electron chi connectivity index (χ0n) is 32.9.